The van der Waals surface area contributed by atoms with Crippen LogP contribution in [0.3, 0.4) is 0 Å². The summed E-state index contributed by atoms with van der Waals surface area (Å²) >= 11 is 0. The van der Waals surface area contributed by atoms with Crippen LogP contribution in [0.25, 0.3) is 0 Å². The molecule has 4 heterocycles. The van der Waals surface area contributed by atoms with E-state index in [1.165, 1.54) is 38.0 Å². The van der Waals surface area contributed by atoms with E-state index in [0.29, 0.717) is 12.1 Å². The van der Waals surface area contributed by atoms with Crippen molar-refractivity contribution in [2.75, 3.05) is 57.8 Å². The Balaban J connectivity index is 1.32. The van der Waals surface area contributed by atoms with E-state index in [1.807, 2.05) is 0 Å². The van der Waals surface area contributed by atoms with E-state index in [4.69, 9.17) is 9.97 Å². The molecule has 1 aromatic heterocycles. The highest BCUT2D eigenvalue weighted by Crippen LogP contribution is 2.32. The summed E-state index contributed by atoms with van der Waals surface area (Å²) in [6, 6.07) is 1.19. The first-order chi connectivity index (χ1) is 12.6. The van der Waals surface area contributed by atoms with Crippen LogP contribution in [0, 0.1) is 5.92 Å². The summed E-state index contributed by atoms with van der Waals surface area (Å²) < 4.78 is 0. The number of anilines is 1. The number of likely N-dealkylation sites (N-methyl/N-ethyl adjacent to an activating group) is 1. The van der Waals surface area contributed by atoms with Gasteiger partial charge in [0.05, 0.1) is 0 Å². The second kappa shape index (κ2) is 7.79. The van der Waals surface area contributed by atoms with Crippen molar-refractivity contribution < 1.29 is 0 Å². The van der Waals surface area contributed by atoms with Crippen molar-refractivity contribution in [2.24, 2.45) is 5.92 Å². The Morgan fingerprint density at radius 2 is 1.54 bits per heavy atom. The number of fused-ring (bicyclic) bond motifs is 2. The highest BCUT2D eigenvalue weighted by molar-refractivity contribution is 5.37. The molecule has 26 heavy (non-hydrogen) atoms. The fourth-order valence-corrected chi connectivity index (χ4v) is 4.91. The molecule has 144 valence electrons. The van der Waals surface area contributed by atoms with Crippen molar-refractivity contribution in [3.05, 3.63) is 18.0 Å². The molecule has 6 heteroatoms. The van der Waals surface area contributed by atoms with Gasteiger partial charge in [0.2, 0.25) is 5.95 Å². The second-order valence-corrected chi connectivity index (χ2v) is 8.88. The Morgan fingerprint density at radius 1 is 0.962 bits per heavy atom. The third-order valence-corrected chi connectivity index (χ3v) is 6.08. The number of rotatable bonds is 5. The Labute approximate surface area is 158 Å². The fourth-order valence-electron chi connectivity index (χ4n) is 4.91. The predicted octanol–water partition coefficient (Wildman–Crippen LogP) is 1.53. The van der Waals surface area contributed by atoms with Gasteiger partial charge in [0.15, 0.2) is 0 Å². The van der Waals surface area contributed by atoms with Crippen molar-refractivity contribution in [3.63, 3.8) is 0 Å². The summed E-state index contributed by atoms with van der Waals surface area (Å²) in [7, 11) is 2.23. The summed E-state index contributed by atoms with van der Waals surface area (Å²) in [6.07, 6.45) is 6.67. The molecule has 4 rings (SSSR count). The monoisotopic (exact) mass is 358 g/mol. The van der Waals surface area contributed by atoms with Gasteiger partial charge in [0.1, 0.15) is 0 Å². The van der Waals surface area contributed by atoms with Gasteiger partial charge >= 0.3 is 0 Å². The van der Waals surface area contributed by atoms with E-state index in [2.05, 4.69) is 52.9 Å². The third kappa shape index (κ3) is 4.02. The zero-order valence-corrected chi connectivity index (χ0v) is 16.6. The van der Waals surface area contributed by atoms with Crippen molar-refractivity contribution in [1.29, 1.82) is 0 Å². The number of nitrogens with zero attached hydrogens (tertiary/aromatic N) is 6. The Bertz CT molecular complexity index is 566. The fraction of sp³-hybridized carbons (Fsp3) is 0.800. The van der Waals surface area contributed by atoms with Crippen molar-refractivity contribution in [2.45, 2.75) is 45.3 Å². The molecule has 2 atom stereocenters. The molecular formula is C20H34N6. The lowest BCUT2D eigenvalue weighted by Gasteiger charge is -2.39. The molecule has 3 saturated heterocycles. The van der Waals surface area contributed by atoms with E-state index in [-0.39, 0.29) is 0 Å². The van der Waals surface area contributed by atoms with Crippen LogP contribution in [0.5, 0.6) is 0 Å². The third-order valence-electron chi connectivity index (χ3n) is 6.08. The molecule has 1 aromatic rings. The second-order valence-electron chi connectivity index (χ2n) is 8.88. The van der Waals surface area contributed by atoms with E-state index in [9.17, 15) is 0 Å². The summed E-state index contributed by atoms with van der Waals surface area (Å²) in [6.45, 7) is 13.8. The number of aromatic nitrogens is 2. The maximum atomic E-state index is 4.75. The quantitative estimate of drug-likeness (QED) is 0.795. The van der Waals surface area contributed by atoms with Crippen LogP contribution in [-0.4, -0.2) is 89.6 Å². The van der Waals surface area contributed by atoms with Crippen molar-refractivity contribution in [1.82, 2.24) is 24.7 Å². The van der Waals surface area contributed by atoms with Crippen LogP contribution >= 0.6 is 0 Å². The molecular weight excluding hydrogens is 324 g/mol. The normalized spacial score (nSPS) is 28.2. The largest absolute Gasteiger partial charge is 0.332 e. The highest BCUT2D eigenvalue weighted by atomic mass is 15.4. The summed E-state index contributed by atoms with van der Waals surface area (Å²) in [4.78, 5) is 19.5. The van der Waals surface area contributed by atoms with Crippen molar-refractivity contribution in [3.8, 4) is 0 Å². The topological polar surface area (TPSA) is 38.7 Å². The van der Waals surface area contributed by atoms with Gasteiger partial charge in [-0.05, 0) is 25.8 Å². The maximum absolute atomic E-state index is 4.75. The number of hydrogen-bond acceptors (Lipinski definition) is 6. The zero-order chi connectivity index (χ0) is 18.1. The standard InChI is InChI=1S/C20H34N6/c1-16(2)12-24-6-8-25(9-7-24)13-17-10-21-20(22-11-17)26-18-4-5-19(26)15-23(3)14-18/h10-11,16,18-19H,4-9,12-15H2,1-3H3. The Kier molecular flexibility index (Phi) is 5.43. The minimum Gasteiger partial charge on any atom is -0.332 e. The highest BCUT2D eigenvalue weighted by Gasteiger charge is 2.40. The van der Waals surface area contributed by atoms with Crippen LogP contribution in [-0.2, 0) is 6.54 Å². The van der Waals surface area contributed by atoms with Crippen LogP contribution in [0.1, 0.15) is 32.3 Å². The Morgan fingerprint density at radius 3 is 2.12 bits per heavy atom. The molecule has 0 aromatic carbocycles. The van der Waals surface area contributed by atoms with E-state index < -0.39 is 0 Å². The Hall–Kier alpha value is -1.24. The minimum absolute atomic E-state index is 0.596. The number of likely N-dealkylation sites (tertiary alicyclic amines) is 1. The SMILES string of the molecule is CC(C)CN1CCN(Cc2cnc(N3C4CCC3CN(C)C4)nc2)CC1. The van der Waals surface area contributed by atoms with Gasteiger partial charge in [0.25, 0.3) is 0 Å². The first kappa shape index (κ1) is 18.1. The van der Waals surface area contributed by atoms with Gasteiger partial charge in [-0.25, -0.2) is 9.97 Å². The van der Waals surface area contributed by atoms with Gasteiger partial charge in [-0.3, -0.25) is 4.90 Å². The van der Waals surface area contributed by atoms with Crippen LogP contribution in [0.2, 0.25) is 0 Å². The zero-order valence-electron chi connectivity index (χ0n) is 16.6. The molecule has 0 saturated carbocycles. The average molecular weight is 359 g/mol. The first-order valence-electron chi connectivity index (χ1n) is 10.3. The van der Waals surface area contributed by atoms with Crippen molar-refractivity contribution >= 4 is 5.95 Å². The summed E-state index contributed by atoms with van der Waals surface area (Å²) in [5.41, 5.74) is 1.24. The van der Waals surface area contributed by atoms with Gasteiger partial charge in [0, 0.05) is 82.4 Å². The average Bonchev–Trinajstić information content (AvgIpc) is 2.88. The van der Waals surface area contributed by atoms with E-state index in [1.54, 1.807) is 0 Å². The first-order valence-corrected chi connectivity index (χ1v) is 10.3. The molecule has 0 N–H and O–H groups in total. The van der Waals surface area contributed by atoms with E-state index >= 15 is 0 Å². The summed E-state index contributed by atoms with van der Waals surface area (Å²) in [5, 5.41) is 0. The molecule has 3 aliphatic rings. The van der Waals surface area contributed by atoms with Crippen LogP contribution < -0.4 is 4.90 Å². The van der Waals surface area contributed by atoms with Gasteiger partial charge in [-0.2, -0.15) is 0 Å². The van der Waals surface area contributed by atoms with E-state index in [0.717, 1.165) is 44.6 Å². The molecule has 6 nitrogen and oxygen atoms in total. The van der Waals surface area contributed by atoms with Crippen LogP contribution in [0.15, 0.2) is 12.4 Å². The molecule has 2 bridgehead atoms. The molecule has 0 amide bonds. The maximum Gasteiger partial charge on any atom is 0.225 e. The lowest BCUT2D eigenvalue weighted by molar-refractivity contribution is 0.117. The van der Waals surface area contributed by atoms with Gasteiger partial charge in [-0.15, -0.1) is 0 Å². The van der Waals surface area contributed by atoms with Crippen LogP contribution in [0.4, 0.5) is 5.95 Å². The predicted molar refractivity (Wildman–Crippen MR) is 105 cm³/mol. The molecule has 3 aliphatic heterocycles. The van der Waals surface area contributed by atoms with Gasteiger partial charge in [-0.1, -0.05) is 13.8 Å². The lowest BCUT2D eigenvalue weighted by Crippen LogP contribution is -2.53. The smallest absolute Gasteiger partial charge is 0.225 e. The molecule has 0 aliphatic carbocycles. The number of hydrogen-bond donors (Lipinski definition) is 0. The number of piperazine rings is 2. The van der Waals surface area contributed by atoms with Gasteiger partial charge < -0.3 is 14.7 Å². The molecule has 2 unspecified atom stereocenters. The summed E-state index contributed by atoms with van der Waals surface area (Å²) in [5.74, 6) is 1.70. The molecule has 3 fully saturated rings. The molecule has 0 radical (unpaired) electrons. The minimum atomic E-state index is 0.596. The lowest BCUT2D eigenvalue weighted by atomic mass is 10.2. The molecule has 0 spiro atoms.